The fourth-order valence-electron chi connectivity index (χ4n) is 12.0. The summed E-state index contributed by atoms with van der Waals surface area (Å²) in [6, 6.07) is 108. The van der Waals surface area contributed by atoms with Crippen LogP contribution in [0.1, 0.15) is 44.5 Å². The molecule has 0 saturated carbocycles. The lowest BCUT2D eigenvalue weighted by Crippen LogP contribution is -2.75. The molecule has 10 aromatic carbocycles. The number of allylic oxidation sites excluding steroid dienone is 4. The summed E-state index contributed by atoms with van der Waals surface area (Å²) in [6.07, 6.45) is 0. The Bertz CT molecular complexity index is 3410. The lowest BCUT2D eigenvalue weighted by atomic mass is 9.89. The number of benzene rings is 10. The van der Waals surface area contributed by atoms with Crippen molar-refractivity contribution in [2.24, 2.45) is 0 Å². The van der Waals surface area contributed by atoms with Gasteiger partial charge in [0.1, 0.15) is 0 Å². The monoisotopic (exact) mass is 1070 g/mol. The van der Waals surface area contributed by atoms with Crippen molar-refractivity contribution in [3.8, 4) is 0 Å². The summed E-state index contributed by atoms with van der Waals surface area (Å²) in [5.41, 5.74) is 12.7. The van der Waals surface area contributed by atoms with Crippen LogP contribution in [0.25, 0.3) is 43.1 Å². The molecule has 0 amide bonds. The van der Waals surface area contributed by atoms with E-state index in [-0.39, 0.29) is 0 Å². The third kappa shape index (κ3) is 8.60. The lowest BCUT2D eigenvalue weighted by molar-refractivity contribution is 0.264. The summed E-state index contributed by atoms with van der Waals surface area (Å²) < 4.78 is 35.9. The van der Waals surface area contributed by atoms with Crippen LogP contribution in [0.3, 0.4) is 0 Å². The first-order valence-electron chi connectivity index (χ1n) is 26.7. The summed E-state index contributed by atoms with van der Waals surface area (Å²) in [5.74, 6) is 0. The van der Waals surface area contributed by atoms with E-state index < -0.39 is 34.2 Å². The molecule has 3 aliphatic rings. The molecule has 1 fully saturated rings. The van der Waals surface area contributed by atoms with Crippen molar-refractivity contribution in [1.29, 1.82) is 0 Å². The minimum absolute atomic E-state index is 0.976. The molecule has 376 valence electrons. The number of hydrogen-bond acceptors (Lipinski definition) is 4. The van der Waals surface area contributed by atoms with Crippen molar-refractivity contribution in [1.82, 2.24) is 0 Å². The van der Waals surface area contributed by atoms with Crippen LogP contribution in [0.2, 0.25) is 13.1 Å². The minimum Gasteiger partial charge on any atom is -0.405 e. The van der Waals surface area contributed by atoms with Gasteiger partial charge in [0, 0.05) is 20.8 Å². The normalized spacial score (nSPS) is 19.8. The van der Waals surface area contributed by atoms with Gasteiger partial charge in [-0.3, -0.25) is 0 Å². The second kappa shape index (κ2) is 20.7. The number of hydrogen-bond donors (Lipinski definition) is 0. The van der Waals surface area contributed by atoms with Gasteiger partial charge in [-0.15, -0.1) is 0 Å². The Kier molecular flexibility index (Phi) is 13.1. The fourth-order valence-corrected chi connectivity index (χ4v) is 34.8. The van der Waals surface area contributed by atoms with Crippen molar-refractivity contribution in [3.05, 3.63) is 348 Å². The first kappa shape index (κ1) is 49.4. The molecule has 13 rings (SSSR count). The fraction of sp³-hybridized carbons (Fsp3) is 0.0286. The highest BCUT2D eigenvalue weighted by Gasteiger charge is 2.70. The smallest absolute Gasteiger partial charge is 0.392 e. The van der Waals surface area contributed by atoms with Crippen LogP contribution in [0.4, 0.5) is 0 Å². The van der Waals surface area contributed by atoms with Gasteiger partial charge in [0.15, 0.2) is 0 Å². The molecule has 0 bridgehead atoms. The molecule has 78 heavy (non-hydrogen) atoms. The van der Waals surface area contributed by atoms with Gasteiger partial charge in [-0.2, -0.15) is 0 Å². The topological polar surface area (TPSA) is 36.9 Å². The second-order valence-corrected chi connectivity index (χ2v) is 32.9. The van der Waals surface area contributed by atoms with Gasteiger partial charge in [-0.05, 0) is 90.3 Å². The van der Waals surface area contributed by atoms with E-state index in [1.165, 1.54) is 0 Å². The molecule has 0 atom stereocenters. The lowest BCUT2D eigenvalue weighted by Gasteiger charge is -2.52. The molecule has 0 aliphatic carbocycles. The van der Waals surface area contributed by atoms with Gasteiger partial charge in [0.25, 0.3) is 0 Å². The van der Waals surface area contributed by atoms with Crippen molar-refractivity contribution in [2.45, 2.75) is 13.1 Å². The maximum absolute atomic E-state index is 8.97. The summed E-state index contributed by atoms with van der Waals surface area (Å²) >= 11 is 0. The van der Waals surface area contributed by atoms with Crippen molar-refractivity contribution in [2.75, 3.05) is 0 Å². The van der Waals surface area contributed by atoms with E-state index in [2.05, 4.69) is 316 Å². The van der Waals surface area contributed by atoms with Crippen molar-refractivity contribution >= 4 is 87.7 Å². The summed E-state index contributed by atoms with van der Waals surface area (Å²) in [7, 11) is -16.6. The first-order valence-corrected chi connectivity index (χ1v) is 35.0. The second-order valence-electron chi connectivity index (χ2n) is 20.2. The van der Waals surface area contributed by atoms with Crippen LogP contribution in [-0.4, -0.2) is 34.2 Å². The van der Waals surface area contributed by atoms with Crippen LogP contribution < -0.4 is 10.4 Å². The highest BCUT2D eigenvalue weighted by atomic mass is 28.5. The van der Waals surface area contributed by atoms with Crippen LogP contribution >= 0.6 is 0 Å². The SMILES string of the molecule is C[Si]1(c2ccccc2)O[Si]2(O[Si](C)(c3ccccc3)O[Si]3(O1)C(c1ccccc1)=C(c1ccccc1)C(c1ccccc1)=C3c1ccccc1)C(c1ccccc1)=C(c1ccccc1)C(c1ccccc1)=C2c1ccccc1. The maximum Gasteiger partial charge on any atom is 0.392 e. The molecule has 4 nitrogen and oxygen atoms in total. The standard InChI is InChI=1S/C70H56O4Si4/c1-75(61-49-29-11-30-50-61)71-77(67(57-41-21-7-22-42-57)63(53-33-13-3-14-34-53)64(54-35-15-4-16-36-54)68(77)58-43-23-8-24-44-58)73-76(2,62-51-31-12-32-52-62)74-78(72-75)69(59-45-25-9-26-46-59)65(55-37-17-5-18-38-55)66(56-39-19-6-20-40-56)70(78)60-47-27-10-28-48-60/h3-52H,1-2H3. The van der Waals surface area contributed by atoms with Gasteiger partial charge >= 0.3 is 34.2 Å². The number of rotatable bonds is 10. The third-order valence-corrected chi connectivity index (χ3v) is 33.6. The van der Waals surface area contributed by atoms with Crippen LogP contribution in [0.15, 0.2) is 303 Å². The Morgan fingerprint density at radius 1 is 0.192 bits per heavy atom. The van der Waals surface area contributed by atoms with Crippen LogP contribution in [-0.2, 0) is 16.5 Å². The molecular weight excluding hydrogens is 1020 g/mol. The third-order valence-electron chi connectivity index (χ3n) is 15.3. The largest absolute Gasteiger partial charge is 0.405 e. The molecule has 0 aromatic heterocycles. The molecule has 10 aromatic rings. The zero-order valence-electron chi connectivity index (χ0n) is 43.5. The van der Waals surface area contributed by atoms with Gasteiger partial charge < -0.3 is 16.5 Å². The van der Waals surface area contributed by atoms with Crippen molar-refractivity contribution < 1.29 is 16.5 Å². The van der Waals surface area contributed by atoms with Crippen LogP contribution in [0.5, 0.6) is 0 Å². The predicted octanol–water partition coefficient (Wildman–Crippen LogP) is 15.5. The highest BCUT2D eigenvalue weighted by molar-refractivity contribution is 7.20. The average molecular weight is 1070 g/mol. The van der Waals surface area contributed by atoms with Gasteiger partial charge in [0.2, 0.25) is 0 Å². The average Bonchev–Trinajstić information content (AvgIpc) is 3.25. The van der Waals surface area contributed by atoms with E-state index in [1.54, 1.807) is 0 Å². The zero-order valence-corrected chi connectivity index (χ0v) is 47.5. The Labute approximate surface area is 462 Å². The Balaban J connectivity index is 1.24. The Hall–Kier alpha value is -8.13. The first-order chi connectivity index (χ1) is 38.4. The van der Waals surface area contributed by atoms with E-state index in [4.69, 9.17) is 16.5 Å². The van der Waals surface area contributed by atoms with E-state index in [0.29, 0.717) is 0 Å². The Morgan fingerprint density at radius 3 is 0.526 bits per heavy atom. The predicted molar refractivity (Wildman–Crippen MR) is 330 cm³/mol. The molecule has 0 unspecified atom stereocenters. The van der Waals surface area contributed by atoms with Crippen LogP contribution in [0, 0.1) is 0 Å². The van der Waals surface area contributed by atoms with Gasteiger partial charge in [-0.1, -0.05) is 303 Å². The van der Waals surface area contributed by atoms with Gasteiger partial charge in [-0.25, -0.2) is 0 Å². The van der Waals surface area contributed by atoms with E-state index in [0.717, 1.165) is 98.0 Å². The molecule has 0 N–H and O–H groups in total. The van der Waals surface area contributed by atoms with Crippen molar-refractivity contribution in [3.63, 3.8) is 0 Å². The highest BCUT2D eigenvalue weighted by Crippen LogP contribution is 2.62. The maximum atomic E-state index is 8.97. The molecule has 8 heteroatoms. The molecule has 1 saturated heterocycles. The summed E-state index contributed by atoms with van der Waals surface area (Å²) in [5, 5.41) is 6.06. The Morgan fingerprint density at radius 2 is 0.346 bits per heavy atom. The zero-order chi connectivity index (χ0) is 52.6. The molecule has 2 spiro atoms. The summed E-state index contributed by atoms with van der Waals surface area (Å²) in [4.78, 5) is 0. The van der Waals surface area contributed by atoms with E-state index in [9.17, 15) is 0 Å². The minimum atomic E-state index is -4.28. The molecule has 0 radical (unpaired) electrons. The molecule has 3 aliphatic heterocycles. The van der Waals surface area contributed by atoms with E-state index in [1.807, 2.05) is 0 Å². The molecular formula is C70H56O4Si4. The van der Waals surface area contributed by atoms with E-state index >= 15 is 0 Å². The van der Waals surface area contributed by atoms with Gasteiger partial charge in [0.05, 0.1) is 0 Å². The molecule has 3 heterocycles. The quantitative estimate of drug-likeness (QED) is 0.128. The summed E-state index contributed by atoms with van der Waals surface area (Å²) in [6.45, 7) is 4.54.